The van der Waals surface area contributed by atoms with Gasteiger partial charge in [0.05, 0.1) is 6.42 Å². The molecule has 0 aromatic carbocycles. The first-order valence-electron chi connectivity index (χ1n) is 8.55. The second-order valence-electron chi connectivity index (χ2n) is 5.73. The normalized spacial score (nSPS) is 11.1. The zero-order valence-electron chi connectivity index (χ0n) is 13.6. The summed E-state index contributed by atoms with van der Waals surface area (Å²) in [5, 5.41) is 8.46. The number of unbranched alkanes of at least 4 members (excludes halogenated alkanes) is 8. The van der Waals surface area contributed by atoms with Gasteiger partial charge in [0.25, 0.3) is 0 Å². The minimum absolute atomic E-state index is 0.118. The Bertz CT molecular complexity index is 295. The maximum Gasteiger partial charge on any atom is 0.307 e. The van der Waals surface area contributed by atoms with Crippen molar-refractivity contribution in [3.8, 4) is 0 Å². The summed E-state index contributed by atoms with van der Waals surface area (Å²) in [6.07, 6.45) is 16.6. The number of hydrogen-bond acceptors (Lipinski definition) is 2. The molecule has 0 saturated heterocycles. The topological polar surface area (TPSA) is 54.4 Å². The van der Waals surface area contributed by atoms with E-state index in [1.54, 1.807) is 6.08 Å². The summed E-state index contributed by atoms with van der Waals surface area (Å²) in [4.78, 5) is 21.9. The van der Waals surface area contributed by atoms with Crippen LogP contribution in [0.4, 0.5) is 0 Å². The molecule has 0 unspecified atom stereocenters. The van der Waals surface area contributed by atoms with Crippen LogP contribution in [0, 0.1) is 0 Å². The first-order valence-corrected chi connectivity index (χ1v) is 8.55. The van der Waals surface area contributed by atoms with Crippen molar-refractivity contribution in [3.05, 3.63) is 12.2 Å². The molecule has 0 radical (unpaired) electrons. The number of Topliss-reactive ketones (excluding diaryl/α,β-unsaturated/α-hetero) is 1. The van der Waals surface area contributed by atoms with Gasteiger partial charge in [0.15, 0.2) is 0 Å². The lowest BCUT2D eigenvalue weighted by atomic mass is 10.0. The number of allylic oxidation sites excluding steroid dienone is 1. The van der Waals surface area contributed by atoms with Crippen LogP contribution < -0.4 is 0 Å². The SMILES string of the molecule is CCCCCCCC(=O)CCCCCCC=CCC(=O)O. The molecule has 0 fully saturated rings. The molecular weight excluding hydrogens is 264 g/mol. The van der Waals surface area contributed by atoms with E-state index in [0.717, 1.165) is 51.4 Å². The summed E-state index contributed by atoms with van der Waals surface area (Å²) in [7, 11) is 0. The average Bonchev–Trinajstić information content (AvgIpc) is 2.45. The Kier molecular flexibility index (Phi) is 14.5. The maximum atomic E-state index is 11.6. The molecule has 3 nitrogen and oxygen atoms in total. The number of ketones is 1. The van der Waals surface area contributed by atoms with Gasteiger partial charge in [-0.2, -0.15) is 0 Å². The van der Waals surface area contributed by atoms with Crippen LogP contribution >= 0.6 is 0 Å². The molecule has 0 heterocycles. The van der Waals surface area contributed by atoms with Gasteiger partial charge < -0.3 is 5.11 Å². The van der Waals surface area contributed by atoms with Gasteiger partial charge >= 0.3 is 5.97 Å². The van der Waals surface area contributed by atoms with Crippen molar-refractivity contribution >= 4 is 11.8 Å². The third-order valence-corrected chi connectivity index (χ3v) is 3.59. The highest BCUT2D eigenvalue weighted by molar-refractivity contribution is 5.78. The smallest absolute Gasteiger partial charge is 0.307 e. The van der Waals surface area contributed by atoms with Crippen LogP contribution in [0.15, 0.2) is 12.2 Å². The molecule has 0 aromatic rings. The molecule has 0 aliphatic heterocycles. The lowest BCUT2D eigenvalue weighted by Gasteiger charge is -2.01. The third kappa shape index (κ3) is 16.8. The molecule has 0 bridgehead atoms. The van der Waals surface area contributed by atoms with Crippen molar-refractivity contribution in [3.63, 3.8) is 0 Å². The van der Waals surface area contributed by atoms with E-state index in [4.69, 9.17) is 5.11 Å². The Morgan fingerprint density at radius 2 is 1.38 bits per heavy atom. The quantitative estimate of drug-likeness (QED) is 0.330. The number of carboxylic acids is 1. The molecule has 0 atom stereocenters. The molecule has 3 heteroatoms. The summed E-state index contributed by atoms with van der Waals surface area (Å²) in [6.45, 7) is 2.20. The second kappa shape index (κ2) is 15.3. The monoisotopic (exact) mass is 296 g/mol. The Morgan fingerprint density at radius 3 is 1.95 bits per heavy atom. The standard InChI is InChI=1S/C18H32O3/c1-2-3-4-8-11-14-17(19)15-12-9-6-5-7-10-13-16-18(20)21/h10,13H,2-9,11-12,14-16H2,1H3,(H,20,21). The number of carbonyl (C=O) groups is 2. The Balaban J connectivity index is 3.25. The van der Waals surface area contributed by atoms with Gasteiger partial charge in [0.2, 0.25) is 0 Å². The van der Waals surface area contributed by atoms with Crippen molar-refractivity contribution in [2.75, 3.05) is 0 Å². The summed E-state index contributed by atoms with van der Waals surface area (Å²) >= 11 is 0. The molecule has 0 rings (SSSR count). The molecule has 0 aromatic heterocycles. The lowest BCUT2D eigenvalue weighted by molar-refractivity contribution is -0.136. The molecule has 0 aliphatic rings. The number of rotatable bonds is 15. The van der Waals surface area contributed by atoms with Gasteiger partial charge in [-0.25, -0.2) is 0 Å². The fraction of sp³-hybridized carbons (Fsp3) is 0.778. The highest BCUT2D eigenvalue weighted by atomic mass is 16.4. The van der Waals surface area contributed by atoms with Crippen molar-refractivity contribution < 1.29 is 14.7 Å². The minimum Gasteiger partial charge on any atom is -0.481 e. The molecule has 21 heavy (non-hydrogen) atoms. The van der Waals surface area contributed by atoms with Gasteiger partial charge in [0.1, 0.15) is 5.78 Å². The highest BCUT2D eigenvalue weighted by Crippen LogP contribution is 2.10. The number of carboxylic acid groups (broad SMARTS) is 1. The Hall–Kier alpha value is -1.12. The number of hydrogen-bond donors (Lipinski definition) is 1. The molecule has 0 spiro atoms. The maximum absolute atomic E-state index is 11.6. The average molecular weight is 296 g/mol. The van der Waals surface area contributed by atoms with Crippen LogP contribution in [0.25, 0.3) is 0 Å². The predicted octanol–water partition coefficient (Wildman–Crippen LogP) is 5.29. The molecule has 0 aliphatic carbocycles. The van der Waals surface area contributed by atoms with Crippen LogP contribution in [0.3, 0.4) is 0 Å². The van der Waals surface area contributed by atoms with Crippen molar-refractivity contribution in [2.45, 2.75) is 90.4 Å². The molecule has 0 saturated carbocycles. The van der Waals surface area contributed by atoms with E-state index >= 15 is 0 Å². The van der Waals surface area contributed by atoms with E-state index in [2.05, 4.69) is 6.92 Å². The van der Waals surface area contributed by atoms with Crippen molar-refractivity contribution in [1.29, 1.82) is 0 Å². The molecule has 0 amide bonds. The van der Waals surface area contributed by atoms with Crippen LogP contribution in [0.2, 0.25) is 0 Å². The fourth-order valence-corrected chi connectivity index (χ4v) is 2.29. The van der Waals surface area contributed by atoms with Crippen molar-refractivity contribution in [1.82, 2.24) is 0 Å². The zero-order valence-corrected chi connectivity index (χ0v) is 13.6. The van der Waals surface area contributed by atoms with Gasteiger partial charge in [-0.3, -0.25) is 9.59 Å². The van der Waals surface area contributed by atoms with Crippen LogP contribution in [0.1, 0.15) is 90.4 Å². The van der Waals surface area contributed by atoms with Crippen molar-refractivity contribution in [2.24, 2.45) is 0 Å². The number of carbonyl (C=O) groups excluding carboxylic acids is 1. The van der Waals surface area contributed by atoms with Gasteiger partial charge in [-0.05, 0) is 25.7 Å². The summed E-state index contributed by atoms with van der Waals surface area (Å²) in [5.74, 6) is -0.354. The van der Waals surface area contributed by atoms with E-state index in [9.17, 15) is 9.59 Å². The first-order chi connectivity index (χ1) is 10.2. The molecular formula is C18H32O3. The van der Waals surface area contributed by atoms with E-state index in [0.29, 0.717) is 5.78 Å². The minimum atomic E-state index is -0.778. The van der Waals surface area contributed by atoms with E-state index < -0.39 is 5.97 Å². The Labute approximate surface area is 129 Å². The van der Waals surface area contributed by atoms with E-state index in [-0.39, 0.29) is 6.42 Å². The van der Waals surface area contributed by atoms with Gasteiger partial charge in [0, 0.05) is 12.8 Å². The van der Waals surface area contributed by atoms with Crippen LogP contribution in [0.5, 0.6) is 0 Å². The summed E-state index contributed by atoms with van der Waals surface area (Å²) in [6, 6.07) is 0. The largest absolute Gasteiger partial charge is 0.481 e. The molecule has 122 valence electrons. The first kappa shape index (κ1) is 19.9. The van der Waals surface area contributed by atoms with Crippen LogP contribution in [-0.4, -0.2) is 16.9 Å². The highest BCUT2D eigenvalue weighted by Gasteiger charge is 2.01. The van der Waals surface area contributed by atoms with Gasteiger partial charge in [-0.15, -0.1) is 0 Å². The fourth-order valence-electron chi connectivity index (χ4n) is 2.29. The predicted molar refractivity (Wildman–Crippen MR) is 87.5 cm³/mol. The lowest BCUT2D eigenvalue weighted by Crippen LogP contribution is -1.97. The van der Waals surface area contributed by atoms with E-state index in [1.165, 1.54) is 25.7 Å². The Morgan fingerprint density at radius 1 is 0.810 bits per heavy atom. The zero-order chi connectivity index (χ0) is 15.8. The third-order valence-electron chi connectivity index (χ3n) is 3.59. The molecule has 1 N–H and O–H groups in total. The summed E-state index contributed by atoms with van der Waals surface area (Å²) in [5.41, 5.74) is 0. The van der Waals surface area contributed by atoms with Gasteiger partial charge in [-0.1, -0.05) is 57.6 Å². The summed E-state index contributed by atoms with van der Waals surface area (Å²) < 4.78 is 0. The number of aliphatic carboxylic acids is 1. The van der Waals surface area contributed by atoms with E-state index in [1.807, 2.05) is 6.08 Å². The second-order valence-corrected chi connectivity index (χ2v) is 5.73. The van der Waals surface area contributed by atoms with Crippen LogP contribution in [-0.2, 0) is 9.59 Å².